The number of nitrogens with two attached hydrogens (primary N) is 1. The molecule has 2 heterocycles. The second-order valence-electron chi connectivity index (χ2n) is 3.68. The largest absolute Gasteiger partial charge is 0.476 e. The van der Waals surface area contributed by atoms with Crippen LogP contribution in [0.4, 0.5) is 11.4 Å². The van der Waals surface area contributed by atoms with Crippen LogP contribution in [0.15, 0.2) is 36.7 Å². The first-order valence-electron chi connectivity index (χ1n) is 5.82. The van der Waals surface area contributed by atoms with E-state index in [1.807, 2.05) is 6.92 Å². The molecule has 6 nitrogen and oxygen atoms in total. The maximum absolute atomic E-state index is 12.1. The first kappa shape index (κ1) is 12.8. The highest BCUT2D eigenvalue weighted by Crippen LogP contribution is 2.21. The van der Waals surface area contributed by atoms with Crippen molar-refractivity contribution in [1.82, 2.24) is 9.97 Å². The molecule has 2 aromatic heterocycles. The van der Waals surface area contributed by atoms with Gasteiger partial charge in [0.1, 0.15) is 5.69 Å². The number of carbonyl (C=O) groups excluding carboxylic acids is 1. The third-order valence-corrected chi connectivity index (χ3v) is 2.35. The number of anilines is 2. The van der Waals surface area contributed by atoms with Gasteiger partial charge < -0.3 is 15.8 Å². The lowest BCUT2D eigenvalue weighted by Crippen LogP contribution is -2.16. The second kappa shape index (κ2) is 5.81. The summed E-state index contributed by atoms with van der Waals surface area (Å²) in [5.74, 6) is -0.0279. The van der Waals surface area contributed by atoms with Gasteiger partial charge in [0.15, 0.2) is 5.69 Å². The van der Waals surface area contributed by atoms with Crippen LogP contribution in [0, 0.1) is 0 Å². The van der Waals surface area contributed by atoms with Crippen molar-refractivity contribution in [2.45, 2.75) is 6.92 Å². The zero-order valence-corrected chi connectivity index (χ0v) is 10.5. The molecule has 1 amide bonds. The van der Waals surface area contributed by atoms with E-state index in [9.17, 15) is 4.79 Å². The molecule has 0 atom stereocenters. The topological polar surface area (TPSA) is 90.1 Å². The van der Waals surface area contributed by atoms with Gasteiger partial charge >= 0.3 is 0 Å². The van der Waals surface area contributed by atoms with E-state index in [2.05, 4.69) is 15.3 Å². The molecule has 6 heteroatoms. The minimum atomic E-state index is -0.396. The van der Waals surface area contributed by atoms with Gasteiger partial charge in [0.05, 0.1) is 12.3 Å². The number of hydrogen-bond acceptors (Lipinski definition) is 5. The Bertz CT molecular complexity index is 586. The van der Waals surface area contributed by atoms with E-state index < -0.39 is 5.91 Å². The Labute approximate surface area is 110 Å². The summed E-state index contributed by atoms with van der Waals surface area (Å²) in [5, 5.41) is 2.68. The minimum Gasteiger partial charge on any atom is -0.476 e. The maximum atomic E-state index is 12.1. The number of nitrogens with one attached hydrogen (secondary N) is 1. The minimum absolute atomic E-state index is 0.175. The fraction of sp³-hybridized carbons (Fsp3) is 0.154. The van der Waals surface area contributed by atoms with Gasteiger partial charge in [-0.25, -0.2) is 9.97 Å². The Morgan fingerprint density at radius 1 is 1.32 bits per heavy atom. The predicted molar refractivity (Wildman–Crippen MR) is 72.0 cm³/mol. The predicted octanol–water partition coefficient (Wildman–Crippen LogP) is 1.71. The molecule has 2 rings (SSSR count). The quantitative estimate of drug-likeness (QED) is 0.871. The fourth-order valence-electron chi connectivity index (χ4n) is 1.53. The van der Waals surface area contributed by atoms with Gasteiger partial charge in [0.25, 0.3) is 5.91 Å². The van der Waals surface area contributed by atoms with Crippen molar-refractivity contribution in [2.24, 2.45) is 0 Å². The van der Waals surface area contributed by atoms with Crippen molar-refractivity contribution < 1.29 is 9.53 Å². The molecular formula is C13H14N4O2. The number of aromatic nitrogens is 2. The molecule has 0 aliphatic heterocycles. The molecule has 0 aliphatic rings. The van der Waals surface area contributed by atoms with Crippen LogP contribution in [0.2, 0.25) is 0 Å². The second-order valence-corrected chi connectivity index (χ2v) is 3.68. The number of pyridine rings is 2. The van der Waals surface area contributed by atoms with E-state index in [-0.39, 0.29) is 5.69 Å². The van der Waals surface area contributed by atoms with E-state index in [4.69, 9.17) is 10.5 Å². The van der Waals surface area contributed by atoms with Gasteiger partial charge in [0.2, 0.25) is 5.88 Å². The lowest BCUT2D eigenvalue weighted by molar-refractivity contribution is 0.102. The monoisotopic (exact) mass is 258 g/mol. The van der Waals surface area contributed by atoms with Gasteiger partial charge in [-0.1, -0.05) is 0 Å². The summed E-state index contributed by atoms with van der Waals surface area (Å²) in [7, 11) is 0. The van der Waals surface area contributed by atoms with Crippen molar-refractivity contribution in [3.63, 3.8) is 0 Å². The SMILES string of the molecule is CCOc1ncccc1NC(=O)c1ncccc1N. The van der Waals surface area contributed by atoms with E-state index in [1.54, 1.807) is 30.5 Å². The zero-order valence-electron chi connectivity index (χ0n) is 10.5. The first-order chi connectivity index (χ1) is 9.22. The van der Waals surface area contributed by atoms with Gasteiger partial charge in [-0.2, -0.15) is 0 Å². The van der Waals surface area contributed by atoms with E-state index in [0.29, 0.717) is 23.9 Å². The average molecular weight is 258 g/mol. The number of nitrogens with zero attached hydrogens (tertiary/aromatic N) is 2. The highest BCUT2D eigenvalue weighted by atomic mass is 16.5. The van der Waals surface area contributed by atoms with E-state index in [1.165, 1.54) is 6.20 Å². The molecule has 0 unspecified atom stereocenters. The standard InChI is InChI=1S/C13H14N4O2/c1-2-19-13-10(6-4-8-16-13)17-12(18)11-9(14)5-3-7-15-11/h3-8H,2,14H2,1H3,(H,17,18). The van der Waals surface area contributed by atoms with Crippen LogP contribution in [0.3, 0.4) is 0 Å². The normalized spacial score (nSPS) is 9.95. The molecule has 2 aromatic rings. The first-order valence-corrected chi connectivity index (χ1v) is 5.82. The molecule has 0 saturated heterocycles. The molecule has 0 aliphatic carbocycles. The third-order valence-electron chi connectivity index (χ3n) is 2.35. The van der Waals surface area contributed by atoms with Crippen molar-refractivity contribution >= 4 is 17.3 Å². The van der Waals surface area contributed by atoms with Crippen LogP contribution in [0.25, 0.3) is 0 Å². The van der Waals surface area contributed by atoms with Crippen LogP contribution >= 0.6 is 0 Å². The Kier molecular flexibility index (Phi) is 3.92. The number of amides is 1. The van der Waals surface area contributed by atoms with Gasteiger partial charge in [-0.05, 0) is 31.2 Å². The maximum Gasteiger partial charge on any atom is 0.276 e. The summed E-state index contributed by atoms with van der Waals surface area (Å²) in [4.78, 5) is 20.1. The highest BCUT2D eigenvalue weighted by molar-refractivity contribution is 6.06. The Morgan fingerprint density at radius 2 is 2.05 bits per heavy atom. The van der Waals surface area contributed by atoms with Crippen molar-refractivity contribution in [3.05, 3.63) is 42.4 Å². The zero-order chi connectivity index (χ0) is 13.7. The molecule has 19 heavy (non-hydrogen) atoms. The fourth-order valence-corrected chi connectivity index (χ4v) is 1.53. The van der Waals surface area contributed by atoms with Crippen LogP contribution in [0.1, 0.15) is 17.4 Å². The van der Waals surface area contributed by atoms with Crippen molar-refractivity contribution in [2.75, 3.05) is 17.7 Å². The number of hydrogen-bond donors (Lipinski definition) is 2. The van der Waals surface area contributed by atoms with E-state index >= 15 is 0 Å². The summed E-state index contributed by atoms with van der Waals surface area (Å²) in [6.07, 6.45) is 3.10. The van der Waals surface area contributed by atoms with Crippen molar-refractivity contribution in [1.29, 1.82) is 0 Å². The number of nitrogen functional groups attached to an aromatic ring is 1. The summed E-state index contributed by atoms with van der Waals surface area (Å²) in [6.45, 7) is 2.31. The molecule has 0 fully saturated rings. The van der Waals surface area contributed by atoms with Crippen molar-refractivity contribution in [3.8, 4) is 5.88 Å². The number of carbonyl (C=O) groups is 1. The number of rotatable bonds is 4. The summed E-state index contributed by atoms with van der Waals surface area (Å²) in [6, 6.07) is 6.70. The third kappa shape index (κ3) is 2.98. The van der Waals surface area contributed by atoms with E-state index in [0.717, 1.165) is 0 Å². The molecule has 0 bridgehead atoms. The lowest BCUT2D eigenvalue weighted by Gasteiger charge is -2.10. The molecule has 0 aromatic carbocycles. The Morgan fingerprint density at radius 3 is 2.79 bits per heavy atom. The molecular weight excluding hydrogens is 244 g/mol. The Hall–Kier alpha value is -2.63. The molecule has 0 saturated carbocycles. The summed E-state index contributed by atoms with van der Waals surface area (Å²) >= 11 is 0. The molecule has 3 N–H and O–H groups in total. The Balaban J connectivity index is 2.22. The summed E-state index contributed by atoms with van der Waals surface area (Å²) in [5.41, 5.74) is 6.68. The average Bonchev–Trinajstić information content (AvgIpc) is 2.41. The van der Waals surface area contributed by atoms with Crippen LogP contribution in [0.5, 0.6) is 5.88 Å². The highest BCUT2D eigenvalue weighted by Gasteiger charge is 2.13. The lowest BCUT2D eigenvalue weighted by atomic mass is 10.3. The summed E-state index contributed by atoms with van der Waals surface area (Å²) < 4.78 is 5.33. The smallest absolute Gasteiger partial charge is 0.276 e. The molecule has 98 valence electrons. The molecule has 0 spiro atoms. The van der Waals surface area contributed by atoms with Gasteiger partial charge in [-0.15, -0.1) is 0 Å². The van der Waals surface area contributed by atoms with Crippen LogP contribution in [-0.4, -0.2) is 22.5 Å². The molecule has 0 radical (unpaired) electrons. The van der Waals surface area contributed by atoms with Crippen LogP contribution in [-0.2, 0) is 0 Å². The van der Waals surface area contributed by atoms with Crippen LogP contribution < -0.4 is 15.8 Å². The van der Waals surface area contributed by atoms with Gasteiger partial charge in [0, 0.05) is 12.4 Å². The van der Waals surface area contributed by atoms with Gasteiger partial charge in [-0.3, -0.25) is 4.79 Å². The number of ether oxygens (including phenoxy) is 1.